The number of hydrogen-bond donors (Lipinski definition) is 1. The highest BCUT2D eigenvalue weighted by Gasteiger charge is 2.07. The van der Waals surface area contributed by atoms with E-state index in [9.17, 15) is 0 Å². The number of methoxy groups -OCH3 is 1. The van der Waals surface area contributed by atoms with Crippen LogP contribution >= 0.6 is 0 Å². The average molecular weight is 288 g/mol. The summed E-state index contributed by atoms with van der Waals surface area (Å²) in [6.07, 6.45) is 0. The van der Waals surface area contributed by atoms with Gasteiger partial charge in [0.15, 0.2) is 5.82 Å². The van der Waals surface area contributed by atoms with E-state index < -0.39 is 0 Å². The number of anilines is 2. The van der Waals surface area contributed by atoms with Crippen LogP contribution in [0.5, 0.6) is 11.6 Å². The Balaban J connectivity index is 2.25. The van der Waals surface area contributed by atoms with E-state index >= 15 is 0 Å². The minimum atomic E-state index is 0.337. The van der Waals surface area contributed by atoms with Gasteiger partial charge in [0.25, 0.3) is 0 Å². The Kier molecular flexibility index (Phi) is 4.94. The molecule has 0 atom stereocenters. The van der Waals surface area contributed by atoms with E-state index in [1.807, 2.05) is 43.3 Å². The van der Waals surface area contributed by atoms with Crippen LogP contribution in [0.4, 0.5) is 11.5 Å². The van der Waals surface area contributed by atoms with Gasteiger partial charge in [-0.2, -0.15) is 4.98 Å². The van der Waals surface area contributed by atoms with Gasteiger partial charge in [0.1, 0.15) is 18.2 Å². The van der Waals surface area contributed by atoms with Crippen LogP contribution in [0, 0.1) is 0 Å². The van der Waals surface area contributed by atoms with Gasteiger partial charge in [-0.15, -0.1) is 0 Å². The second-order valence-electron chi connectivity index (χ2n) is 4.68. The summed E-state index contributed by atoms with van der Waals surface area (Å²) in [5.74, 6) is 2.47. The second-order valence-corrected chi connectivity index (χ2v) is 4.68. The molecule has 0 aliphatic heterocycles. The van der Waals surface area contributed by atoms with E-state index in [4.69, 9.17) is 9.47 Å². The van der Waals surface area contributed by atoms with Crippen molar-refractivity contribution in [2.24, 2.45) is 0 Å². The van der Waals surface area contributed by atoms with Crippen molar-refractivity contribution in [3.8, 4) is 11.6 Å². The molecule has 1 N–H and O–H groups in total. The third-order valence-corrected chi connectivity index (χ3v) is 2.83. The minimum absolute atomic E-state index is 0.337. The fraction of sp³-hybridized carbons (Fsp3) is 0.333. The number of benzene rings is 1. The SMILES string of the molecule is CNc1cc(Oc2cccc(N(C)C)c2)nc(COC)n1. The fourth-order valence-corrected chi connectivity index (χ4v) is 1.79. The Morgan fingerprint density at radius 2 is 2.00 bits per heavy atom. The summed E-state index contributed by atoms with van der Waals surface area (Å²) in [7, 11) is 7.38. The lowest BCUT2D eigenvalue weighted by atomic mass is 10.3. The highest BCUT2D eigenvalue weighted by atomic mass is 16.5. The third kappa shape index (κ3) is 4.06. The Morgan fingerprint density at radius 3 is 2.67 bits per heavy atom. The molecule has 0 radical (unpaired) electrons. The molecule has 0 bridgehead atoms. The number of rotatable bonds is 6. The lowest BCUT2D eigenvalue weighted by Crippen LogP contribution is -2.08. The summed E-state index contributed by atoms with van der Waals surface area (Å²) in [4.78, 5) is 10.6. The predicted molar refractivity (Wildman–Crippen MR) is 83.1 cm³/mol. The van der Waals surface area contributed by atoms with Gasteiger partial charge in [-0.3, -0.25) is 0 Å². The molecular weight excluding hydrogens is 268 g/mol. The van der Waals surface area contributed by atoms with Crippen molar-refractivity contribution in [2.75, 3.05) is 38.5 Å². The summed E-state index contributed by atoms with van der Waals surface area (Å²) in [5.41, 5.74) is 1.06. The normalized spacial score (nSPS) is 10.3. The Hall–Kier alpha value is -2.34. The van der Waals surface area contributed by atoms with Crippen molar-refractivity contribution in [2.45, 2.75) is 6.61 Å². The minimum Gasteiger partial charge on any atom is -0.439 e. The Bertz CT molecular complexity index is 602. The molecule has 112 valence electrons. The largest absolute Gasteiger partial charge is 0.439 e. The monoisotopic (exact) mass is 288 g/mol. The Morgan fingerprint density at radius 1 is 1.19 bits per heavy atom. The van der Waals surface area contributed by atoms with Gasteiger partial charge < -0.3 is 19.7 Å². The van der Waals surface area contributed by atoms with Crippen LogP contribution in [0.3, 0.4) is 0 Å². The molecule has 0 aliphatic rings. The topological polar surface area (TPSA) is 59.5 Å². The summed E-state index contributed by atoms with van der Waals surface area (Å²) >= 11 is 0. The molecule has 6 nitrogen and oxygen atoms in total. The lowest BCUT2D eigenvalue weighted by molar-refractivity contribution is 0.177. The molecule has 0 aliphatic carbocycles. The van der Waals surface area contributed by atoms with E-state index in [1.54, 1.807) is 20.2 Å². The molecule has 2 rings (SSSR count). The molecule has 0 saturated carbocycles. The van der Waals surface area contributed by atoms with Crippen LogP contribution in [0.1, 0.15) is 5.82 Å². The smallest absolute Gasteiger partial charge is 0.224 e. The van der Waals surface area contributed by atoms with Gasteiger partial charge in [-0.25, -0.2) is 4.98 Å². The summed E-state index contributed by atoms with van der Waals surface area (Å²) in [6, 6.07) is 9.56. The van der Waals surface area contributed by atoms with Gasteiger partial charge in [0.05, 0.1) is 0 Å². The van der Waals surface area contributed by atoms with E-state index in [2.05, 4.69) is 15.3 Å². The molecule has 6 heteroatoms. The second kappa shape index (κ2) is 6.90. The first-order chi connectivity index (χ1) is 10.1. The van der Waals surface area contributed by atoms with Crippen LogP contribution in [-0.4, -0.2) is 38.2 Å². The molecule has 1 heterocycles. The maximum atomic E-state index is 5.83. The van der Waals surface area contributed by atoms with E-state index in [-0.39, 0.29) is 0 Å². The number of nitrogens with zero attached hydrogens (tertiary/aromatic N) is 3. The van der Waals surface area contributed by atoms with Crippen molar-refractivity contribution in [3.63, 3.8) is 0 Å². The van der Waals surface area contributed by atoms with Crippen LogP contribution < -0.4 is 15.0 Å². The molecule has 1 aromatic carbocycles. The highest BCUT2D eigenvalue weighted by molar-refractivity contribution is 5.50. The summed E-state index contributed by atoms with van der Waals surface area (Å²) in [5, 5.41) is 2.99. The van der Waals surface area contributed by atoms with Crippen molar-refractivity contribution >= 4 is 11.5 Å². The van der Waals surface area contributed by atoms with Gasteiger partial charge in [0, 0.05) is 46.1 Å². The predicted octanol–water partition coefficient (Wildman–Crippen LogP) is 2.52. The van der Waals surface area contributed by atoms with Crippen LogP contribution in [0.15, 0.2) is 30.3 Å². The van der Waals surface area contributed by atoms with E-state index in [0.29, 0.717) is 24.1 Å². The zero-order valence-corrected chi connectivity index (χ0v) is 12.8. The molecule has 0 unspecified atom stereocenters. The third-order valence-electron chi connectivity index (χ3n) is 2.83. The molecule has 1 aromatic heterocycles. The van der Waals surface area contributed by atoms with Crippen molar-refractivity contribution in [1.29, 1.82) is 0 Å². The lowest BCUT2D eigenvalue weighted by Gasteiger charge is -2.14. The number of hydrogen-bond acceptors (Lipinski definition) is 6. The molecule has 2 aromatic rings. The zero-order valence-electron chi connectivity index (χ0n) is 12.8. The van der Waals surface area contributed by atoms with Gasteiger partial charge in [-0.05, 0) is 12.1 Å². The molecular formula is C15H20N4O2. The number of ether oxygens (including phenoxy) is 2. The summed E-state index contributed by atoms with van der Waals surface area (Å²) < 4.78 is 10.9. The first kappa shape index (κ1) is 15.1. The van der Waals surface area contributed by atoms with Crippen LogP contribution in [-0.2, 0) is 11.3 Å². The van der Waals surface area contributed by atoms with Gasteiger partial charge in [-0.1, -0.05) is 6.07 Å². The van der Waals surface area contributed by atoms with E-state index in [0.717, 1.165) is 11.4 Å². The van der Waals surface area contributed by atoms with Gasteiger partial charge in [0.2, 0.25) is 5.88 Å². The van der Waals surface area contributed by atoms with Crippen molar-refractivity contribution in [1.82, 2.24) is 9.97 Å². The molecule has 21 heavy (non-hydrogen) atoms. The number of nitrogens with one attached hydrogen (secondary N) is 1. The van der Waals surface area contributed by atoms with Gasteiger partial charge >= 0.3 is 0 Å². The number of aromatic nitrogens is 2. The molecule has 0 fully saturated rings. The summed E-state index contributed by atoms with van der Waals surface area (Å²) in [6.45, 7) is 0.337. The maximum Gasteiger partial charge on any atom is 0.224 e. The first-order valence-electron chi connectivity index (χ1n) is 6.62. The van der Waals surface area contributed by atoms with E-state index in [1.165, 1.54) is 0 Å². The van der Waals surface area contributed by atoms with Crippen LogP contribution in [0.2, 0.25) is 0 Å². The molecule has 0 saturated heterocycles. The Labute approximate surface area is 124 Å². The highest BCUT2D eigenvalue weighted by Crippen LogP contribution is 2.25. The van der Waals surface area contributed by atoms with Crippen molar-refractivity contribution in [3.05, 3.63) is 36.2 Å². The molecule has 0 amide bonds. The van der Waals surface area contributed by atoms with Crippen LogP contribution in [0.25, 0.3) is 0 Å². The quantitative estimate of drug-likeness (QED) is 0.881. The first-order valence-corrected chi connectivity index (χ1v) is 6.62. The average Bonchev–Trinajstić information content (AvgIpc) is 2.47. The molecule has 0 spiro atoms. The standard InChI is InChI=1S/C15H20N4O2/c1-16-13-9-15(18-14(17-13)10-20-4)21-12-7-5-6-11(8-12)19(2)3/h5-9H,10H2,1-4H3,(H,16,17,18). The fourth-order valence-electron chi connectivity index (χ4n) is 1.79. The maximum absolute atomic E-state index is 5.83. The van der Waals surface area contributed by atoms with Crippen molar-refractivity contribution < 1.29 is 9.47 Å². The zero-order chi connectivity index (χ0) is 15.2.